The number of nitrogens with one attached hydrogen (secondary N) is 2. The number of benzene rings is 2. The second-order valence-corrected chi connectivity index (χ2v) is 10.8. The summed E-state index contributed by atoms with van der Waals surface area (Å²) in [5.41, 5.74) is 2.85. The van der Waals surface area contributed by atoms with E-state index in [0.29, 0.717) is 17.3 Å². The highest BCUT2D eigenvalue weighted by Gasteiger charge is 2.29. The van der Waals surface area contributed by atoms with Gasteiger partial charge in [-0.25, -0.2) is 32.6 Å². The van der Waals surface area contributed by atoms with Gasteiger partial charge in [-0.1, -0.05) is 6.07 Å². The summed E-state index contributed by atoms with van der Waals surface area (Å²) in [4.78, 5) is 35.6. The molecule has 14 heteroatoms. The standard InChI is InChI=1S/C24H22F2N6O4S2/c1-31(18-6-7-21-19(13-18)28-14-37-21)23(33)20(11-15-9-16(25)12-17(26)10-15)29-24(34)30-38(35,36)32(2)22-5-3-4-8-27-22/h3-10,12-14,20H,11H2,1-2H3,(H2,29,30,34)/t20-/m0/s1. The lowest BCUT2D eigenvalue weighted by Gasteiger charge is -2.26. The average molecular weight is 561 g/mol. The summed E-state index contributed by atoms with van der Waals surface area (Å²) in [6.07, 6.45) is 1.06. The van der Waals surface area contributed by atoms with E-state index in [-0.39, 0.29) is 17.8 Å². The summed E-state index contributed by atoms with van der Waals surface area (Å²) in [7, 11) is -1.75. The van der Waals surface area contributed by atoms with E-state index < -0.39 is 39.8 Å². The van der Waals surface area contributed by atoms with Crippen LogP contribution in [-0.4, -0.2) is 50.5 Å². The Hall–Kier alpha value is -4.17. The molecule has 198 valence electrons. The van der Waals surface area contributed by atoms with Crippen molar-refractivity contribution >= 4 is 55.2 Å². The molecule has 38 heavy (non-hydrogen) atoms. The Labute approximate surface area is 221 Å². The molecule has 3 amide bonds. The fourth-order valence-electron chi connectivity index (χ4n) is 3.62. The first-order chi connectivity index (χ1) is 18.0. The summed E-state index contributed by atoms with van der Waals surface area (Å²) in [6, 6.07) is 9.85. The molecule has 0 radical (unpaired) electrons. The molecule has 4 aromatic rings. The van der Waals surface area contributed by atoms with Crippen molar-refractivity contribution in [2.45, 2.75) is 12.5 Å². The van der Waals surface area contributed by atoms with Crippen LogP contribution in [0.1, 0.15) is 5.56 Å². The van der Waals surface area contributed by atoms with Gasteiger partial charge in [0.25, 0.3) is 0 Å². The largest absolute Gasteiger partial charge is 0.330 e. The molecule has 0 aliphatic heterocycles. The Morgan fingerprint density at radius 3 is 2.45 bits per heavy atom. The lowest BCUT2D eigenvalue weighted by molar-refractivity contribution is -0.120. The molecule has 0 bridgehead atoms. The molecular weight excluding hydrogens is 538 g/mol. The van der Waals surface area contributed by atoms with E-state index in [2.05, 4.69) is 15.3 Å². The number of carbonyl (C=O) groups is 2. The van der Waals surface area contributed by atoms with Crippen LogP contribution in [0.4, 0.5) is 25.1 Å². The van der Waals surface area contributed by atoms with Crippen LogP contribution in [0.25, 0.3) is 10.2 Å². The van der Waals surface area contributed by atoms with Crippen molar-refractivity contribution in [1.82, 2.24) is 20.0 Å². The zero-order valence-electron chi connectivity index (χ0n) is 20.1. The van der Waals surface area contributed by atoms with Crippen LogP contribution in [0, 0.1) is 11.6 Å². The van der Waals surface area contributed by atoms with Gasteiger partial charge in [0.15, 0.2) is 0 Å². The SMILES string of the molecule is CN(C(=O)[C@H](Cc1cc(F)cc(F)c1)NC(=O)NS(=O)(=O)N(C)c1ccccn1)c1ccc2scnc2c1. The maximum absolute atomic E-state index is 13.8. The first-order valence-electron chi connectivity index (χ1n) is 11.1. The second kappa shape index (κ2) is 11.1. The van der Waals surface area contributed by atoms with Crippen molar-refractivity contribution in [2.24, 2.45) is 0 Å². The zero-order valence-corrected chi connectivity index (χ0v) is 21.8. The number of hydrogen-bond donors (Lipinski definition) is 2. The van der Waals surface area contributed by atoms with Gasteiger partial charge in [0.05, 0.1) is 15.7 Å². The van der Waals surface area contributed by atoms with Gasteiger partial charge in [-0.3, -0.25) is 4.79 Å². The first kappa shape index (κ1) is 26.9. The number of likely N-dealkylation sites (N-methyl/N-ethyl adjacent to an activating group) is 1. The van der Waals surface area contributed by atoms with E-state index in [1.165, 1.54) is 42.6 Å². The smallest absolute Gasteiger partial charge is 0.325 e. The quantitative estimate of drug-likeness (QED) is 0.341. The second-order valence-electron chi connectivity index (χ2n) is 8.17. The minimum atomic E-state index is -4.40. The molecule has 0 saturated carbocycles. The fourth-order valence-corrected chi connectivity index (χ4v) is 5.06. The molecule has 0 unspecified atom stereocenters. The van der Waals surface area contributed by atoms with Crippen molar-refractivity contribution in [1.29, 1.82) is 0 Å². The lowest BCUT2D eigenvalue weighted by atomic mass is 10.0. The van der Waals surface area contributed by atoms with Crippen molar-refractivity contribution in [3.05, 3.63) is 83.5 Å². The van der Waals surface area contributed by atoms with E-state index in [4.69, 9.17) is 0 Å². The van der Waals surface area contributed by atoms with Gasteiger partial charge in [0.1, 0.15) is 23.5 Å². The summed E-state index contributed by atoms with van der Waals surface area (Å²) in [6.45, 7) is 0. The first-order valence-corrected chi connectivity index (χ1v) is 13.4. The summed E-state index contributed by atoms with van der Waals surface area (Å²) < 4.78 is 56.5. The Balaban J connectivity index is 1.57. The number of halogens is 2. The van der Waals surface area contributed by atoms with Crippen LogP contribution in [-0.2, 0) is 21.4 Å². The van der Waals surface area contributed by atoms with E-state index in [0.717, 1.165) is 21.1 Å². The molecule has 0 aliphatic rings. The van der Waals surface area contributed by atoms with Crippen molar-refractivity contribution < 1.29 is 26.8 Å². The van der Waals surface area contributed by atoms with Crippen LogP contribution in [0.5, 0.6) is 0 Å². The lowest BCUT2D eigenvalue weighted by Crippen LogP contribution is -2.54. The number of hydrogen-bond acceptors (Lipinski definition) is 7. The van der Waals surface area contributed by atoms with Crippen LogP contribution < -0.4 is 19.2 Å². The third kappa shape index (κ3) is 6.20. The number of nitrogens with zero attached hydrogens (tertiary/aromatic N) is 4. The minimum absolute atomic E-state index is 0.0489. The van der Waals surface area contributed by atoms with Gasteiger partial charge >= 0.3 is 16.2 Å². The third-order valence-corrected chi connectivity index (χ3v) is 7.71. The number of aromatic nitrogens is 2. The molecule has 2 aromatic heterocycles. The normalized spacial score (nSPS) is 12.1. The number of fused-ring (bicyclic) bond motifs is 1. The number of urea groups is 1. The molecule has 0 fully saturated rings. The highest BCUT2D eigenvalue weighted by atomic mass is 32.2. The summed E-state index contributed by atoms with van der Waals surface area (Å²) in [5.74, 6) is -2.34. The minimum Gasteiger partial charge on any atom is -0.325 e. The number of carbonyl (C=O) groups excluding carboxylic acids is 2. The van der Waals surface area contributed by atoms with E-state index in [1.54, 1.807) is 35.8 Å². The van der Waals surface area contributed by atoms with Gasteiger partial charge in [0, 0.05) is 38.5 Å². The van der Waals surface area contributed by atoms with Gasteiger partial charge < -0.3 is 10.2 Å². The van der Waals surface area contributed by atoms with Crippen molar-refractivity contribution in [3.63, 3.8) is 0 Å². The Kier molecular flexibility index (Phi) is 7.83. The van der Waals surface area contributed by atoms with Crippen LogP contribution in [0.15, 0.2) is 66.3 Å². The highest BCUT2D eigenvalue weighted by molar-refractivity contribution is 7.91. The van der Waals surface area contributed by atoms with Gasteiger partial charge in [-0.05, 0) is 48.0 Å². The molecule has 10 nitrogen and oxygen atoms in total. The Morgan fingerprint density at radius 1 is 1.03 bits per heavy atom. The third-order valence-electron chi connectivity index (χ3n) is 5.55. The Morgan fingerprint density at radius 2 is 1.76 bits per heavy atom. The van der Waals surface area contributed by atoms with Crippen molar-refractivity contribution in [2.75, 3.05) is 23.3 Å². The molecule has 2 aromatic carbocycles. The molecule has 4 rings (SSSR count). The van der Waals surface area contributed by atoms with E-state index in [9.17, 15) is 26.8 Å². The predicted molar refractivity (Wildman–Crippen MR) is 140 cm³/mol. The fraction of sp³-hybridized carbons (Fsp3) is 0.167. The van der Waals surface area contributed by atoms with Gasteiger partial charge in [-0.15, -0.1) is 11.3 Å². The Bertz CT molecular complexity index is 1560. The maximum Gasteiger partial charge on any atom is 0.330 e. The zero-order chi connectivity index (χ0) is 27.4. The van der Waals surface area contributed by atoms with Gasteiger partial charge in [-0.2, -0.15) is 8.42 Å². The summed E-state index contributed by atoms with van der Waals surface area (Å²) >= 11 is 1.43. The average Bonchev–Trinajstić information content (AvgIpc) is 3.34. The number of rotatable bonds is 8. The molecule has 0 saturated heterocycles. The van der Waals surface area contributed by atoms with Crippen LogP contribution >= 0.6 is 11.3 Å². The van der Waals surface area contributed by atoms with E-state index in [1.807, 2.05) is 4.72 Å². The molecule has 0 spiro atoms. The monoisotopic (exact) mass is 560 g/mol. The molecule has 0 aliphatic carbocycles. The number of thiazole rings is 1. The topological polar surface area (TPSA) is 125 Å². The van der Waals surface area contributed by atoms with Crippen LogP contribution in [0.3, 0.4) is 0 Å². The maximum atomic E-state index is 13.8. The number of amides is 3. The molecule has 2 N–H and O–H groups in total. The molecule has 1 atom stereocenters. The number of anilines is 2. The summed E-state index contributed by atoms with van der Waals surface area (Å²) in [5, 5.41) is 2.32. The highest BCUT2D eigenvalue weighted by Crippen LogP contribution is 2.24. The van der Waals surface area contributed by atoms with Gasteiger partial charge in [0.2, 0.25) is 5.91 Å². The number of pyridine rings is 1. The van der Waals surface area contributed by atoms with E-state index >= 15 is 0 Å². The molecular formula is C24H22F2N6O4S2. The predicted octanol–water partition coefficient (Wildman–Crippen LogP) is 3.22. The molecule has 2 heterocycles. The van der Waals surface area contributed by atoms with Crippen LogP contribution in [0.2, 0.25) is 0 Å². The van der Waals surface area contributed by atoms with Crippen molar-refractivity contribution in [3.8, 4) is 0 Å².